The van der Waals surface area contributed by atoms with E-state index in [1.165, 1.54) is 0 Å². The number of amides is 1. The fourth-order valence-corrected chi connectivity index (χ4v) is 2.02. The summed E-state index contributed by atoms with van der Waals surface area (Å²) in [5.41, 5.74) is 6.27. The van der Waals surface area contributed by atoms with E-state index >= 15 is 0 Å². The van der Waals surface area contributed by atoms with Crippen molar-refractivity contribution in [2.75, 3.05) is 0 Å². The van der Waals surface area contributed by atoms with Crippen molar-refractivity contribution >= 4 is 17.2 Å². The SMILES string of the molecule is Cc1nc(-c2ccc(CNC(=O)[C@@H](C)N)o2)cs1. The maximum absolute atomic E-state index is 11.3. The third-order valence-corrected chi connectivity index (χ3v) is 3.16. The Morgan fingerprint density at radius 3 is 3.00 bits per heavy atom. The molecule has 0 saturated heterocycles. The van der Waals surface area contributed by atoms with E-state index in [0.717, 1.165) is 10.7 Å². The number of carbonyl (C=O) groups excluding carboxylic acids is 1. The van der Waals surface area contributed by atoms with Crippen LogP contribution in [-0.2, 0) is 11.3 Å². The number of hydrogen-bond acceptors (Lipinski definition) is 5. The molecule has 0 aliphatic heterocycles. The number of hydrogen-bond donors (Lipinski definition) is 2. The van der Waals surface area contributed by atoms with Gasteiger partial charge in [0.1, 0.15) is 11.5 Å². The van der Waals surface area contributed by atoms with Crippen LogP contribution in [0.3, 0.4) is 0 Å². The lowest BCUT2D eigenvalue weighted by Crippen LogP contribution is -2.37. The van der Waals surface area contributed by atoms with Crippen LogP contribution in [0.4, 0.5) is 0 Å². The minimum Gasteiger partial charge on any atom is -0.458 e. The third kappa shape index (κ3) is 2.96. The molecule has 96 valence electrons. The number of carbonyl (C=O) groups is 1. The lowest BCUT2D eigenvalue weighted by Gasteiger charge is -2.05. The number of aryl methyl sites for hydroxylation is 1. The smallest absolute Gasteiger partial charge is 0.237 e. The summed E-state index contributed by atoms with van der Waals surface area (Å²) in [6.07, 6.45) is 0. The molecule has 0 radical (unpaired) electrons. The van der Waals surface area contributed by atoms with Crippen LogP contribution in [0.2, 0.25) is 0 Å². The second-order valence-corrected chi connectivity index (χ2v) is 5.09. The van der Waals surface area contributed by atoms with Gasteiger partial charge >= 0.3 is 0 Å². The zero-order valence-corrected chi connectivity index (χ0v) is 11.1. The van der Waals surface area contributed by atoms with Crippen LogP contribution in [0.5, 0.6) is 0 Å². The van der Waals surface area contributed by atoms with Gasteiger partial charge in [-0.25, -0.2) is 4.98 Å². The Hall–Kier alpha value is -1.66. The Bertz CT molecular complexity index is 545. The minimum atomic E-state index is -0.513. The molecule has 0 unspecified atom stereocenters. The van der Waals surface area contributed by atoms with Gasteiger partial charge in [-0.2, -0.15) is 0 Å². The van der Waals surface area contributed by atoms with Crippen molar-refractivity contribution < 1.29 is 9.21 Å². The molecular weight excluding hydrogens is 250 g/mol. The second kappa shape index (κ2) is 5.32. The van der Waals surface area contributed by atoms with E-state index in [1.807, 2.05) is 24.4 Å². The summed E-state index contributed by atoms with van der Waals surface area (Å²) in [5.74, 6) is 1.20. The van der Waals surface area contributed by atoms with Gasteiger partial charge in [0.15, 0.2) is 5.76 Å². The van der Waals surface area contributed by atoms with Crippen molar-refractivity contribution in [3.63, 3.8) is 0 Å². The van der Waals surface area contributed by atoms with Gasteiger partial charge in [0.2, 0.25) is 5.91 Å². The van der Waals surface area contributed by atoms with Crippen molar-refractivity contribution in [2.24, 2.45) is 5.73 Å². The predicted octanol–water partition coefficient (Wildman–Crippen LogP) is 1.67. The molecule has 1 amide bonds. The molecule has 0 bridgehead atoms. The van der Waals surface area contributed by atoms with E-state index in [-0.39, 0.29) is 5.91 Å². The summed E-state index contributed by atoms with van der Waals surface area (Å²) in [6.45, 7) is 3.92. The maximum atomic E-state index is 11.3. The molecule has 1 atom stereocenters. The lowest BCUT2D eigenvalue weighted by atomic mass is 10.3. The van der Waals surface area contributed by atoms with E-state index < -0.39 is 6.04 Å². The number of rotatable bonds is 4. The van der Waals surface area contributed by atoms with Crippen LogP contribution >= 0.6 is 11.3 Å². The van der Waals surface area contributed by atoms with Crippen LogP contribution in [0.15, 0.2) is 21.9 Å². The molecule has 18 heavy (non-hydrogen) atoms. The number of nitrogens with one attached hydrogen (secondary N) is 1. The van der Waals surface area contributed by atoms with Crippen molar-refractivity contribution in [3.05, 3.63) is 28.3 Å². The highest BCUT2D eigenvalue weighted by molar-refractivity contribution is 7.09. The average molecular weight is 265 g/mol. The molecule has 2 aromatic rings. The highest BCUT2D eigenvalue weighted by Gasteiger charge is 2.10. The van der Waals surface area contributed by atoms with Gasteiger partial charge in [-0.3, -0.25) is 4.79 Å². The number of furan rings is 1. The van der Waals surface area contributed by atoms with Crippen molar-refractivity contribution in [2.45, 2.75) is 26.4 Å². The lowest BCUT2D eigenvalue weighted by molar-refractivity contribution is -0.122. The maximum Gasteiger partial charge on any atom is 0.237 e. The minimum absolute atomic E-state index is 0.197. The normalized spacial score (nSPS) is 12.4. The van der Waals surface area contributed by atoms with Crippen LogP contribution in [0.25, 0.3) is 11.5 Å². The van der Waals surface area contributed by atoms with Gasteiger partial charge < -0.3 is 15.5 Å². The molecule has 3 N–H and O–H groups in total. The summed E-state index contributed by atoms with van der Waals surface area (Å²) in [6, 6.07) is 3.16. The molecule has 2 rings (SSSR count). The molecular formula is C12H15N3O2S. The largest absolute Gasteiger partial charge is 0.458 e. The summed E-state index contributed by atoms with van der Waals surface area (Å²) in [4.78, 5) is 15.6. The van der Waals surface area contributed by atoms with Gasteiger partial charge in [0.05, 0.1) is 17.6 Å². The third-order valence-electron chi connectivity index (χ3n) is 2.38. The number of thiazole rings is 1. The first-order chi connectivity index (χ1) is 8.56. The summed E-state index contributed by atoms with van der Waals surface area (Å²) in [5, 5.41) is 5.63. The monoisotopic (exact) mass is 265 g/mol. The Morgan fingerprint density at radius 2 is 2.39 bits per heavy atom. The molecule has 0 aliphatic rings. The Morgan fingerprint density at radius 1 is 1.61 bits per heavy atom. The molecule has 0 saturated carbocycles. The van der Waals surface area contributed by atoms with E-state index in [4.69, 9.17) is 10.2 Å². The highest BCUT2D eigenvalue weighted by atomic mass is 32.1. The highest BCUT2D eigenvalue weighted by Crippen LogP contribution is 2.23. The van der Waals surface area contributed by atoms with Crippen molar-refractivity contribution in [1.82, 2.24) is 10.3 Å². The summed E-state index contributed by atoms with van der Waals surface area (Å²) >= 11 is 1.57. The van der Waals surface area contributed by atoms with Crippen LogP contribution in [0.1, 0.15) is 17.7 Å². The molecule has 0 fully saturated rings. The fraction of sp³-hybridized carbons (Fsp3) is 0.333. The van der Waals surface area contributed by atoms with Crippen LogP contribution < -0.4 is 11.1 Å². The van der Waals surface area contributed by atoms with Crippen molar-refractivity contribution in [1.29, 1.82) is 0 Å². The van der Waals surface area contributed by atoms with Gasteiger partial charge in [-0.15, -0.1) is 11.3 Å². The molecule has 2 aromatic heterocycles. The Balaban J connectivity index is 2.00. The predicted molar refractivity (Wildman–Crippen MR) is 70.0 cm³/mol. The molecule has 0 aromatic carbocycles. The first-order valence-electron chi connectivity index (χ1n) is 5.61. The Labute approximate surface area is 109 Å². The first kappa shape index (κ1) is 12.8. The Kier molecular flexibility index (Phi) is 3.78. The molecule has 5 nitrogen and oxygen atoms in total. The second-order valence-electron chi connectivity index (χ2n) is 4.02. The topological polar surface area (TPSA) is 81.2 Å². The van der Waals surface area contributed by atoms with E-state index in [0.29, 0.717) is 18.1 Å². The quantitative estimate of drug-likeness (QED) is 0.881. The molecule has 2 heterocycles. The number of nitrogens with zero attached hydrogens (tertiary/aromatic N) is 1. The molecule has 0 spiro atoms. The average Bonchev–Trinajstić information content (AvgIpc) is 2.94. The summed E-state index contributed by atoms with van der Waals surface area (Å²) in [7, 11) is 0. The molecule has 6 heteroatoms. The van der Waals surface area contributed by atoms with Crippen LogP contribution in [-0.4, -0.2) is 16.9 Å². The number of nitrogens with two attached hydrogens (primary N) is 1. The van der Waals surface area contributed by atoms with Crippen molar-refractivity contribution in [3.8, 4) is 11.5 Å². The van der Waals surface area contributed by atoms with Gasteiger partial charge in [0, 0.05) is 5.38 Å². The van der Waals surface area contributed by atoms with E-state index in [2.05, 4.69) is 10.3 Å². The van der Waals surface area contributed by atoms with E-state index in [9.17, 15) is 4.79 Å². The zero-order valence-electron chi connectivity index (χ0n) is 10.3. The van der Waals surface area contributed by atoms with Gasteiger partial charge in [0.25, 0.3) is 0 Å². The summed E-state index contributed by atoms with van der Waals surface area (Å²) < 4.78 is 5.60. The standard InChI is InChI=1S/C12H15N3O2S/c1-7(13)12(16)14-5-9-3-4-11(17-9)10-6-18-8(2)15-10/h3-4,6-7H,5,13H2,1-2H3,(H,14,16)/t7-/m1/s1. The molecule has 0 aliphatic carbocycles. The zero-order chi connectivity index (χ0) is 13.1. The van der Waals surface area contributed by atoms with Gasteiger partial charge in [-0.1, -0.05) is 0 Å². The van der Waals surface area contributed by atoms with E-state index in [1.54, 1.807) is 18.3 Å². The fourth-order valence-electron chi connectivity index (χ4n) is 1.42. The number of aromatic nitrogens is 1. The van der Waals surface area contributed by atoms with Gasteiger partial charge in [-0.05, 0) is 26.0 Å². The van der Waals surface area contributed by atoms with Crippen LogP contribution in [0, 0.1) is 6.92 Å². The first-order valence-corrected chi connectivity index (χ1v) is 6.48.